The molecular weight excluding hydrogens is 151 g/mol. The largest absolute Gasteiger partial charge is 0.244 e. The Hall–Kier alpha value is -0.850. The lowest BCUT2D eigenvalue weighted by Crippen LogP contribution is -2.27. The highest BCUT2D eigenvalue weighted by Gasteiger charge is 2.28. The summed E-state index contributed by atoms with van der Waals surface area (Å²) in [6.07, 6.45) is 2.15. The van der Waals surface area contributed by atoms with Crippen molar-refractivity contribution < 1.29 is 4.39 Å². The first kappa shape index (κ1) is 7.78. The fourth-order valence-electron chi connectivity index (χ4n) is 1.85. The molecule has 0 aromatic heterocycles. The van der Waals surface area contributed by atoms with Crippen molar-refractivity contribution in [3.8, 4) is 0 Å². The van der Waals surface area contributed by atoms with E-state index in [1.807, 2.05) is 18.2 Å². The molecule has 0 saturated carbocycles. The van der Waals surface area contributed by atoms with Crippen LogP contribution in [-0.4, -0.2) is 5.67 Å². The lowest BCUT2D eigenvalue weighted by molar-refractivity contribution is 0.166. The van der Waals surface area contributed by atoms with Crippen molar-refractivity contribution in [1.29, 1.82) is 0 Å². The maximum Gasteiger partial charge on any atom is 0.112 e. The number of hydrogen-bond acceptors (Lipinski definition) is 0. The Morgan fingerprint density at radius 2 is 1.92 bits per heavy atom. The molecule has 0 amide bonds. The van der Waals surface area contributed by atoms with Crippen LogP contribution in [-0.2, 0) is 12.8 Å². The van der Waals surface area contributed by atoms with Gasteiger partial charge in [0.05, 0.1) is 0 Å². The summed E-state index contributed by atoms with van der Waals surface area (Å²) in [6, 6.07) is 8.15. The second-order valence-corrected chi connectivity index (χ2v) is 3.86. The zero-order valence-electron chi connectivity index (χ0n) is 7.31. The van der Waals surface area contributed by atoms with Gasteiger partial charge in [-0.15, -0.1) is 0 Å². The first-order valence-electron chi connectivity index (χ1n) is 4.43. The van der Waals surface area contributed by atoms with Crippen LogP contribution in [0.4, 0.5) is 4.39 Å². The molecule has 1 unspecified atom stereocenters. The first-order chi connectivity index (χ1) is 5.67. The summed E-state index contributed by atoms with van der Waals surface area (Å²) in [5.74, 6) is 0. The topological polar surface area (TPSA) is 0 Å². The van der Waals surface area contributed by atoms with E-state index in [1.165, 1.54) is 11.1 Å². The summed E-state index contributed by atoms with van der Waals surface area (Å²) in [7, 11) is 0. The van der Waals surface area contributed by atoms with Gasteiger partial charge < -0.3 is 0 Å². The third kappa shape index (κ3) is 1.36. The van der Waals surface area contributed by atoms with Crippen molar-refractivity contribution in [1.82, 2.24) is 0 Å². The summed E-state index contributed by atoms with van der Waals surface area (Å²) >= 11 is 0. The van der Waals surface area contributed by atoms with Gasteiger partial charge in [0.15, 0.2) is 0 Å². The molecular formula is C11H13F. The molecule has 64 valence electrons. The van der Waals surface area contributed by atoms with Crippen LogP contribution in [0.3, 0.4) is 0 Å². The van der Waals surface area contributed by atoms with Crippen LogP contribution in [0, 0.1) is 0 Å². The van der Waals surface area contributed by atoms with E-state index in [-0.39, 0.29) is 0 Å². The fraction of sp³-hybridized carbons (Fsp3) is 0.455. The van der Waals surface area contributed by atoms with Gasteiger partial charge in [0.2, 0.25) is 0 Å². The lowest BCUT2D eigenvalue weighted by Gasteiger charge is -2.27. The molecule has 0 heterocycles. The molecule has 12 heavy (non-hydrogen) atoms. The van der Waals surface area contributed by atoms with Gasteiger partial charge in [0.25, 0.3) is 0 Å². The number of hydrogen-bond donors (Lipinski definition) is 0. The van der Waals surface area contributed by atoms with E-state index < -0.39 is 5.67 Å². The maximum atomic E-state index is 13.5. The molecule has 0 nitrogen and oxygen atoms in total. The van der Waals surface area contributed by atoms with Crippen LogP contribution in [0.25, 0.3) is 0 Å². The van der Waals surface area contributed by atoms with Crippen molar-refractivity contribution in [3.63, 3.8) is 0 Å². The van der Waals surface area contributed by atoms with Crippen molar-refractivity contribution in [2.24, 2.45) is 0 Å². The van der Waals surface area contributed by atoms with Crippen LogP contribution < -0.4 is 0 Å². The first-order valence-corrected chi connectivity index (χ1v) is 4.43. The third-order valence-corrected chi connectivity index (χ3v) is 2.59. The predicted octanol–water partition coefficient (Wildman–Crippen LogP) is 2.90. The standard InChI is InChI=1S/C11H13F/c1-11(12)7-6-9-4-2-3-5-10(9)8-11/h2-5H,6-8H2,1H3. The second-order valence-electron chi connectivity index (χ2n) is 3.86. The van der Waals surface area contributed by atoms with Gasteiger partial charge in [-0.25, -0.2) is 4.39 Å². The SMILES string of the molecule is CC1(F)CCc2ccccc2C1. The molecule has 1 aromatic rings. The van der Waals surface area contributed by atoms with E-state index in [0.717, 1.165) is 6.42 Å². The molecule has 0 N–H and O–H groups in total. The molecule has 1 atom stereocenters. The normalized spacial score (nSPS) is 28.2. The van der Waals surface area contributed by atoms with Crippen molar-refractivity contribution >= 4 is 0 Å². The zero-order chi connectivity index (χ0) is 8.60. The van der Waals surface area contributed by atoms with Gasteiger partial charge in [0, 0.05) is 6.42 Å². The average molecular weight is 164 g/mol. The molecule has 1 aliphatic carbocycles. The minimum absolute atomic E-state index is 0.586. The third-order valence-electron chi connectivity index (χ3n) is 2.59. The molecule has 1 aromatic carbocycles. The molecule has 0 spiro atoms. The Morgan fingerprint density at radius 3 is 2.67 bits per heavy atom. The van der Waals surface area contributed by atoms with Gasteiger partial charge in [-0.05, 0) is 30.9 Å². The Morgan fingerprint density at radius 1 is 1.25 bits per heavy atom. The molecule has 2 rings (SSSR count). The quantitative estimate of drug-likeness (QED) is 0.553. The lowest BCUT2D eigenvalue weighted by atomic mass is 9.83. The van der Waals surface area contributed by atoms with Gasteiger partial charge in [-0.2, -0.15) is 0 Å². The molecule has 1 heteroatoms. The fourth-order valence-corrected chi connectivity index (χ4v) is 1.85. The molecule has 1 aliphatic rings. The van der Waals surface area contributed by atoms with E-state index in [2.05, 4.69) is 6.07 Å². The van der Waals surface area contributed by atoms with Crippen LogP contribution >= 0.6 is 0 Å². The van der Waals surface area contributed by atoms with E-state index in [4.69, 9.17) is 0 Å². The number of fused-ring (bicyclic) bond motifs is 1. The van der Waals surface area contributed by atoms with E-state index in [9.17, 15) is 4.39 Å². The summed E-state index contributed by atoms with van der Waals surface area (Å²) in [6.45, 7) is 1.70. The Balaban J connectivity index is 2.35. The molecule has 0 aliphatic heterocycles. The summed E-state index contributed by atoms with van der Waals surface area (Å²) in [4.78, 5) is 0. The maximum absolute atomic E-state index is 13.5. The molecule has 0 radical (unpaired) electrons. The van der Waals surface area contributed by atoms with E-state index in [0.29, 0.717) is 12.8 Å². The number of alkyl halides is 1. The van der Waals surface area contributed by atoms with Crippen LogP contribution in [0.1, 0.15) is 24.5 Å². The summed E-state index contributed by atoms with van der Waals surface area (Å²) in [5.41, 5.74) is 1.54. The molecule has 0 fully saturated rings. The molecule has 0 saturated heterocycles. The molecule has 0 bridgehead atoms. The van der Waals surface area contributed by atoms with Crippen LogP contribution in [0.2, 0.25) is 0 Å². The predicted molar refractivity (Wildman–Crippen MR) is 48.0 cm³/mol. The monoisotopic (exact) mass is 164 g/mol. The Kier molecular flexibility index (Phi) is 1.67. The second kappa shape index (κ2) is 2.58. The summed E-state index contributed by atoms with van der Waals surface area (Å²) < 4.78 is 13.5. The minimum atomic E-state index is -0.978. The van der Waals surface area contributed by atoms with Gasteiger partial charge in [-0.3, -0.25) is 0 Å². The highest BCUT2D eigenvalue weighted by Crippen LogP contribution is 2.30. The minimum Gasteiger partial charge on any atom is -0.244 e. The van der Waals surface area contributed by atoms with Crippen molar-refractivity contribution in [2.45, 2.75) is 31.9 Å². The van der Waals surface area contributed by atoms with Gasteiger partial charge >= 0.3 is 0 Å². The van der Waals surface area contributed by atoms with Gasteiger partial charge in [0.1, 0.15) is 5.67 Å². The van der Waals surface area contributed by atoms with Gasteiger partial charge in [-0.1, -0.05) is 24.3 Å². The zero-order valence-corrected chi connectivity index (χ0v) is 7.31. The Bertz CT molecular complexity index is 289. The van der Waals surface area contributed by atoms with Crippen LogP contribution in [0.15, 0.2) is 24.3 Å². The number of halogens is 1. The summed E-state index contributed by atoms with van der Waals surface area (Å²) in [5, 5.41) is 0. The number of rotatable bonds is 0. The number of benzene rings is 1. The highest BCUT2D eigenvalue weighted by atomic mass is 19.1. The smallest absolute Gasteiger partial charge is 0.112 e. The van der Waals surface area contributed by atoms with E-state index >= 15 is 0 Å². The van der Waals surface area contributed by atoms with Crippen LogP contribution in [0.5, 0.6) is 0 Å². The number of aryl methyl sites for hydroxylation is 1. The average Bonchev–Trinajstić information content (AvgIpc) is 2.02. The van der Waals surface area contributed by atoms with Crippen molar-refractivity contribution in [2.75, 3.05) is 0 Å². The van der Waals surface area contributed by atoms with E-state index in [1.54, 1.807) is 6.92 Å². The highest BCUT2D eigenvalue weighted by molar-refractivity contribution is 5.31. The Labute approximate surface area is 72.4 Å². The van der Waals surface area contributed by atoms with Crippen molar-refractivity contribution in [3.05, 3.63) is 35.4 Å².